The zero-order valence-electron chi connectivity index (χ0n) is 31.2. The Bertz CT molecular complexity index is 470. The molecule has 0 aromatic heterocycles. The highest BCUT2D eigenvalue weighted by atomic mass is 35.7. The van der Waals surface area contributed by atoms with Crippen LogP contribution in [0.3, 0.4) is 0 Å². The van der Waals surface area contributed by atoms with Crippen molar-refractivity contribution in [3.05, 3.63) is 0 Å². The first kappa shape index (κ1) is 47.4. The molecule has 44 heavy (non-hydrogen) atoms. The smallest absolute Gasteiger partial charge is 0.168 e. The molecule has 0 radical (unpaired) electrons. The maximum absolute atomic E-state index is 6.34. The minimum atomic E-state index is -1.82. The summed E-state index contributed by atoms with van der Waals surface area (Å²) in [5.41, 5.74) is 0. The number of rotatable bonds is 34. The van der Waals surface area contributed by atoms with Crippen LogP contribution in [0, 0.1) is 0 Å². The first-order valence-corrected chi connectivity index (χ1v) is 29.1. The largest absolute Gasteiger partial charge is 0.248 e. The molecule has 0 aromatic carbocycles. The number of halogens is 3. The van der Waals surface area contributed by atoms with E-state index in [1.54, 1.807) is 0 Å². The average Bonchev–Trinajstić information content (AvgIpc) is 2.96. The fraction of sp³-hybridized carbons (Fsp3) is 1.00. The molecule has 0 atom stereocenters. The van der Waals surface area contributed by atoms with Crippen molar-refractivity contribution in [2.75, 3.05) is 0 Å². The monoisotopic (exact) mass is 713 g/mol. The van der Waals surface area contributed by atoms with Gasteiger partial charge in [0.2, 0.25) is 6.69 Å². The second-order valence-electron chi connectivity index (χ2n) is 14.9. The highest BCUT2D eigenvalue weighted by Crippen LogP contribution is 2.24. The minimum Gasteiger partial charge on any atom is -0.168 e. The van der Waals surface area contributed by atoms with E-state index in [-0.39, 0.29) is 0 Å². The van der Waals surface area contributed by atoms with Crippen LogP contribution in [-0.2, 0) is 0 Å². The summed E-state index contributed by atoms with van der Waals surface area (Å²) in [6, 6.07) is 2.36. The fourth-order valence-corrected chi connectivity index (χ4v) is 9.24. The molecule has 0 aromatic rings. The SMILES string of the molecule is CCCCCCCCCCCCCCCCCC[Si](C)(C)Cl.CCCCCCCCCCCCCCCCCC[Si](C)(Cl)Cl. The van der Waals surface area contributed by atoms with Gasteiger partial charge in [0.15, 0.2) is 0 Å². The van der Waals surface area contributed by atoms with Crippen LogP contribution >= 0.6 is 33.2 Å². The van der Waals surface area contributed by atoms with Gasteiger partial charge >= 0.3 is 0 Å². The molecule has 0 nitrogen and oxygen atoms in total. The Kier molecular flexibility index (Phi) is 40.0. The molecule has 0 saturated carbocycles. The van der Waals surface area contributed by atoms with Crippen LogP contribution in [0.1, 0.15) is 219 Å². The summed E-state index contributed by atoms with van der Waals surface area (Å²) in [5.74, 6) is 0. The molecule has 0 saturated heterocycles. The first-order valence-electron chi connectivity index (χ1n) is 20.2. The van der Waals surface area contributed by atoms with Gasteiger partial charge in [-0.1, -0.05) is 232 Å². The third-order valence-corrected chi connectivity index (χ3v) is 13.6. The van der Waals surface area contributed by atoms with Gasteiger partial charge in [0.05, 0.1) is 0 Å². The minimum absolute atomic E-state index is 1.06. The number of hydrogen-bond donors (Lipinski definition) is 0. The number of hydrogen-bond acceptors (Lipinski definition) is 0. The van der Waals surface area contributed by atoms with Crippen LogP contribution in [0.2, 0.25) is 31.7 Å². The zero-order valence-corrected chi connectivity index (χ0v) is 35.4. The van der Waals surface area contributed by atoms with Crippen molar-refractivity contribution < 1.29 is 0 Å². The van der Waals surface area contributed by atoms with E-state index in [0.717, 1.165) is 6.04 Å². The van der Waals surface area contributed by atoms with E-state index in [2.05, 4.69) is 26.9 Å². The van der Waals surface area contributed by atoms with E-state index in [4.69, 9.17) is 33.2 Å². The summed E-state index contributed by atoms with van der Waals surface area (Å²) in [6.07, 6.45) is 45.8. The molecule has 0 N–H and O–H groups in total. The van der Waals surface area contributed by atoms with Gasteiger partial charge in [0.25, 0.3) is 0 Å². The van der Waals surface area contributed by atoms with Gasteiger partial charge in [-0.3, -0.25) is 0 Å². The molecular formula is C39H83Cl3Si2. The highest BCUT2D eigenvalue weighted by molar-refractivity contribution is 7.44. The standard InChI is InChI=1S/C20H43ClSi.C19H40Cl2Si/c1-4-5-6-7-8-9-10-11-12-13-14-15-16-17-18-19-20-22(2,3)21;1-3-4-5-6-7-8-9-10-11-12-13-14-15-16-17-18-19-22(2,20)21/h4-20H2,1-3H3;3-19H2,1-2H3. The van der Waals surface area contributed by atoms with Crippen molar-refractivity contribution in [3.63, 3.8) is 0 Å². The Balaban J connectivity index is 0. The molecule has 0 bridgehead atoms. The van der Waals surface area contributed by atoms with Crippen LogP contribution in [-0.4, -0.2) is 14.1 Å². The van der Waals surface area contributed by atoms with Crippen LogP contribution in [0.25, 0.3) is 0 Å². The molecule has 268 valence electrons. The summed E-state index contributed by atoms with van der Waals surface area (Å²) in [5, 5.41) is 0. The Morgan fingerprint density at radius 1 is 0.273 bits per heavy atom. The molecule has 0 spiro atoms. The van der Waals surface area contributed by atoms with Crippen molar-refractivity contribution in [1.29, 1.82) is 0 Å². The van der Waals surface area contributed by atoms with Crippen LogP contribution in [0.15, 0.2) is 0 Å². The maximum atomic E-state index is 6.34. The zero-order chi connectivity index (χ0) is 33.0. The average molecular weight is 715 g/mol. The van der Waals surface area contributed by atoms with Gasteiger partial charge in [-0.05, 0) is 18.6 Å². The number of unbranched alkanes of at least 4 members (excludes halogenated alkanes) is 30. The lowest BCUT2D eigenvalue weighted by Gasteiger charge is -2.11. The summed E-state index contributed by atoms with van der Waals surface area (Å²) in [7, 11) is -1.29. The topological polar surface area (TPSA) is 0 Å². The van der Waals surface area contributed by atoms with Crippen molar-refractivity contribution in [2.24, 2.45) is 0 Å². The summed E-state index contributed by atoms with van der Waals surface area (Å²) in [6.45, 7) is 9.32. The van der Waals surface area contributed by atoms with Gasteiger partial charge in [-0.25, -0.2) is 0 Å². The van der Waals surface area contributed by atoms with Gasteiger partial charge in [0, 0.05) is 0 Å². The lowest BCUT2D eigenvalue weighted by Crippen LogP contribution is -2.14. The summed E-state index contributed by atoms with van der Waals surface area (Å²) < 4.78 is 0. The van der Waals surface area contributed by atoms with Crippen molar-refractivity contribution in [2.45, 2.75) is 251 Å². The van der Waals surface area contributed by atoms with Crippen molar-refractivity contribution in [3.8, 4) is 0 Å². The van der Waals surface area contributed by atoms with Gasteiger partial charge in [0.1, 0.15) is 7.38 Å². The molecule has 0 aliphatic heterocycles. The second kappa shape index (κ2) is 37.1. The second-order valence-corrected chi connectivity index (χ2v) is 30.1. The lowest BCUT2D eigenvalue weighted by molar-refractivity contribution is 0.531. The molecule has 0 heterocycles. The van der Waals surface area contributed by atoms with Crippen LogP contribution in [0.4, 0.5) is 0 Å². The first-order chi connectivity index (χ1) is 21.1. The molecular weight excluding hydrogens is 631 g/mol. The van der Waals surface area contributed by atoms with E-state index in [9.17, 15) is 0 Å². The predicted molar refractivity (Wildman–Crippen MR) is 215 cm³/mol. The summed E-state index contributed by atoms with van der Waals surface area (Å²) in [4.78, 5) is 0. The molecule has 0 rings (SSSR count). The van der Waals surface area contributed by atoms with Crippen molar-refractivity contribution in [1.82, 2.24) is 0 Å². The normalized spacial score (nSPS) is 12.0. The Hall–Kier alpha value is 1.30. The van der Waals surface area contributed by atoms with Gasteiger partial charge < -0.3 is 0 Å². The van der Waals surface area contributed by atoms with Crippen LogP contribution < -0.4 is 0 Å². The highest BCUT2D eigenvalue weighted by Gasteiger charge is 2.19. The Morgan fingerprint density at radius 2 is 0.455 bits per heavy atom. The molecule has 0 aliphatic carbocycles. The van der Waals surface area contributed by atoms with E-state index < -0.39 is 14.1 Å². The quantitative estimate of drug-likeness (QED) is 0.0354. The fourth-order valence-electron chi connectivity index (χ4n) is 6.08. The Morgan fingerprint density at radius 3 is 0.636 bits per heavy atom. The van der Waals surface area contributed by atoms with Gasteiger partial charge in [-0.15, -0.1) is 22.2 Å². The van der Waals surface area contributed by atoms with E-state index in [1.807, 2.05) is 6.55 Å². The molecule has 0 unspecified atom stereocenters. The maximum Gasteiger partial charge on any atom is 0.248 e. The lowest BCUT2D eigenvalue weighted by atomic mass is 10.0. The molecule has 0 amide bonds. The Labute approximate surface area is 296 Å². The van der Waals surface area contributed by atoms with E-state index in [0.29, 0.717) is 0 Å². The molecule has 0 fully saturated rings. The summed E-state index contributed by atoms with van der Waals surface area (Å²) >= 11 is 18.5. The third-order valence-electron chi connectivity index (χ3n) is 9.09. The van der Waals surface area contributed by atoms with Crippen LogP contribution in [0.5, 0.6) is 0 Å². The van der Waals surface area contributed by atoms with Gasteiger partial charge in [-0.2, -0.15) is 11.1 Å². The molecule has 5 heteroatoms. The predicted octanol–water partition coefficient (Wildman–Crippen LogP) is 17.5. The van der Waals surface area contributed by atoms with E-state index >= 15 is 0 Å². The molecule has 0 aliphatic rings. The van der Waals surface area contributed by atoms with Crippen molar-refractivity contribution >= 4 is 47.3 Å². The third kappa shape index (κ3) is 50.2. The van der Waals surface area contributed by atoms with E-state index in [1.165, 1.54) is 212 Å².